The lowest BCUT2D eigenvalue weighted by Gasteiger charge is -2.09. The Morgan fingerprint density at radius 1 is 0.690 bits per heavy atom. The van der Waals surface area contributed by atoms with E-state index in [4.69, 9.17) is 0 Å². The number of hydrogen-bond acceptors (Lipinski definition) is 4. The molecule has 0 aliphatic heterocycles. The molecule has 2 N–H and O–H groups in total. The van der Waals surface area contributed by atoms with Crippen molar-refractivity contribution in [1.29, 1.82) is 0 Å². The van der Waals surface area contributed by atoms with E-state index in [9.17, 15) is 21.2 Å². The summed E-state index contributed by atoms with van der Waals surface area (Å²) < 4.78 is 66.6. The molecule has 3 rings (SSSR count). The number of benzene rings is 3. The average Bonchev–Trinajstić information content (AvgIpc) is 2.69. The summed E-state index contributed by atoms with van der Waals surface area (Å²) in [5, 5.41) is 1.05. The zero-order valence-electron chi connectivity index (χ0n) is 15.0. The van der Waals surface area contributed by atoms with E-state index in [1.165, 1.54) is 30.3 Å². The Bertz CT molecular complexity index is 1210. The second kappa shape index (κ2) is 8.46. The number of nitrogens with one attached hydrogen (secondary N) is 2. The van der Waals surface area contributed by atoms with Crippen molar-refractivity contribution in [3.63, 3.8) is 0 Å². The fourth-order valence-corrected chi connectivity index (χ4v) is 4.29. The van der Waals surface area contributed by atoms with Crippen LogP contribution in [0.3, 0.4) is 0 Å². The van der Waals surface area contributed by atoms with E-state index in [0.29, 0.717) is 0 Å². The van der Waals surface area contributed by atoms with Gasteiger partial charge in [0.1, 0.15) is 5.82 Å². The molecule has 0 radical (unpaired) electrons. The Kier molecular flexibility index (Phi) is 6.00. The third-order valence-electron chi connectivity index (χ3n) is 3.76. The second-order valence-electron chi connectivity index (χ2n) is 6.00. The predicted molar refractivity (Wildman–Crippen MR) is 112 cm³/mol. The first-order valence-electron chi connectivity index (χ1n) is 8.38. The molecule has 0 atom stereocenters. The van der Waals surface area contributed by atoms with Crippen LogP contribution >= 0.6 is 0 Å². The fourth-order valence-electron chi connectivity index (χ4n) is 2.36. The van der Waals surface area contributed by atoms with E-state index in [1.54, 1.807) is 24.3 Å². The van der Waals surface area contributed by atoms with E-state index >= 15 is 0 Å². The van der Waals surface area contributed by atoms with Gasteiger partial charge in [-0.3, -0.25) is 9.44 Å². The molecule has 0 heterocycles. The van der Waals surface area contributed by atoms with Crippen LogP contribution in [0.1, 0.15) is 5.56 Å². The standard InChI is InChI=1S/C20H17FN2O4S2/c21-17-6-12-20(13-7-17)29(26,27)23-19-10-8-18(9-11-19)22-28(24,25)15-14-16-4-2-1-3-5-16/h1-15,22-23H. The Hall–Kier alpha value is -3.17. The number of sulfonamides is 2. The third kappa shape index (κ3) is 5.90. The minimum atomic E-state index is -3.88. The quantitative estimate of drug-likeness (QED) is 0.589. The van der Waals surface area contributed by atoms with Gasteiger partial charge in [-0.25, -0.2) is 21.2 Å². The summed E-state index contributed by atoms with van der Waals surface area (Å²) in [6.45, 7) is 0. The summed E-state index contributed by atoms with van der Waals surface area (Å²) in [6, 6.07) is 19.1. The lowest BCUT2D eigenvalue weighted by Crippen LogP contribution is -2.13. The van der Waals surface area contributed by atoms with Gasteiger partial charge in [-0.05, 0) is 60.2 Å². The molecule has 0 spiro atoms. The van der Waals surface area contributed by atoms with E-state index in [0.717, 1.165) is 35.2 Å². The van der Waals surface area contributed by atoms with E-state index in [2.05, 4.69) is 9.44 Å². The maximum atomic E-state index is 13.0. The molecule has 150 valence electrons. The van der Waals surface area contributed by atoms with Crippen LogP contribution in [-0.4, -0.2) is 16.8 Å². The number of hydrogen-bond donors (Lipinski definition) is 2. The van der Waals surface area contributed by atoms with Gasteiger partial charge in [0.15, 0.2) is 0 Å². The van der Waals surface area contributed by atoms with Crippen LogP contribution in [-0.2, 0) is 20.0 Å². The highest BCUT2D eigenvalue weighted by Gasteiger charge is 2.14. The van der Waals surface area contributed by atoms with E-state index in [1.807, 2.05) is 6.07 Å². The summed E-state index contributed by atoms with van der Waals surface area (Å²) >= 11 is 0. The Labute approximate surface area is 168 Å². The van der Waals surface area contributed by atoms with Gasteiger partial charge in [-0.2, -0.15) is 0 Å². The lowest BCUT2D eigenvalue weighted by atomic mass is 10.2. The first-order valence-corrected chi connectivity index (χ1v) is 11.4. The fraction of sp³-hybridized carbons (Fsp3) is 0. The Morgan fingerprint density at radius 3 is 1.83 bits per heavy atom. The molecular weight excluding hydrogens is 415 g/mol. The lowest BCUT2D eigenvalue weighted by molar-refractivity contribution is 0.599. The van der Waals surface area contributed by atoms with Gasteiger partial charge < -0.3 is 0 Å². The molecule has 0 bridgehead atoms. The van der Waals surface area contributed by atoms with Gasteiger partial charge in [0, 0.05) is 11.4 Å². The minimum Gasteiger partial charge on any atom is -0.280 e. The first kappa shape index (κ1) is 20.6. The normalized spacial score (nSPS) is 12.0. The van der Waals surface area contributed by atoms with E-state index in [-0.39, 0.29) is 16.3 Å². The molecule has 3 aromatic carbocycles. The van der Waals surface area contributed by atoms with Crippen LogP contribution < -0.4 is 9.44 Å². The SMILES string of the molecule is O=S(=O)(C=Cc1ccccc1)Nc1ccc(NS(=O)(=O)c2ccc(F)cc2)cc1. The van der Waals surface area contributed by atoms with Gasteiger partial charge in [0.2, 0.25) is 0 Å². The van der Waals surface area contributed by atoms with Gasteiger partial charge in [0.05, 0.1) is 10.3 Å². The van der Waals surface area contributed by atoms with Crippen molar-refractivity contribution in [1.82, 2.24) is 0 Å². The highest BCUT2D eigenvalue weighted by atomic mass is 32.2. The molecule has 3 aromatic rings. The number of rotatable bonds is 7. The van der Waals surface area contributed by atoms with Crippen LogP contribution in [0.4, 0.5) is 15.8 Å². The van der Waals surface area contributed by atoms with Crippen molar-refractivity contribution in [3.8, 4) is 0 Å². The smallest absolute Gasteiger partial charge is 0.261 e. The molecule has 0 amide bonds. The number of halogens is 1. The molecule has 0 unspecified atom stereocenters. The molecule has 0 fully saturated rings. The summed E-state index contributed by atoms with van der Waals surface area (Å²) in [7, 11) is -7.62. The minimum absolute atomic E-state index is 0.0882. The van der Waals surface area contributed by atoms with Crippen molar-refractivity contribution in [3.05, 3.63) is 95.7 Å². The van der Waals surface area contributed by atoms with Crippen LogP contribution in [0.5, 0.6) is 0 Å². The van der Waals surface area contributed by atoms with Crippen LogP contribution in [0.15, 0.2) is 89.2 Å². The van der Waals surface area contributed by atoms with Crippen molar-refractivity contribution >= 4 is 37.5 Å². The zero-order chi connectivity index (χ0) is 20.9. The van der Waals surface area contributed by atoms with Crippen molar-refractivity contribution in [2.24, 2.45) is 0 Å². The second-order valence-corrected chi connectivity index (χ2v) is 9.25. The number of anilines is 2. The summed E-state index contributed by atoms with van der Waals surface area (Å²) in [5.74, 6) is -0.540. The first-order chi connectivity index (χ1) is 13.7. The molecule has 0 saturated heterocycles. The molecule has 0 aromatic heterocycles. The van der Waals surface area contributed by atoms with Gasteiger partial charge >= 0.3 is 0 Å². The Balaban J connectivity index is 1.68. The van der Waals surface area contributed by atoms with E-state index < -0.39 is 25.9 Å². The molecule has 0 aliphatic rings. The van der Waals surface area contributed by atoms with Gasteiger partial charge in [-0.15, -0.1) is 0 Å². The van der Waals surface area contributed by atoms with Crippen molar-refractivity contribution in [2.75, 3.05) is 9.44 Å². The van der Waals surface area contributed by atoms with Crippen molar-refractivity contribution in [2.45, 2.75) is 4.90 Å². The maximum Gasteiger partial charge on any atom is 0.261 e. The molecular formula is C20H17FN2O4S2. The van der Waals surface area contributed by atoms with Crippen LogP contribution in [0.25, 0.3) is 6.08 Å². The summed E-state index contributed by atoms with van der Waals surface area (Å²) in [5.41, 5.74) is 1.24. The van der Waals surface area contributed by atoms with Crippen LogP contribution in [0.2, 0.25) is 0 Å². The monoisotopic (exact) mass is 432 g/mol. The third-order valence-corrected chi connectivity index (χ3v) is 6.17. The zero-order valence-corrected chi connectivity index (χ0v) is 16.6. The molecule has 29 heavy (non-hydrogen) atoms. The summed E-state index contributed by atoms with van der Waals surface area (Å²) in [6.07, 6.45) is 1.47. The highest BCUT2D eigenvalue weighted by Crippen LogP contribution is 2.19. The maximum absolute atomic E-state index is 13.0. The van der Waals surface area contributed by atoms with Crippen LogP contribution in [0, 0.1) is 5.82 Å². The molecule has 0 saturated carbocycles. The van der Waals surface area contributed by atoms with Gasteiger partial charge in [-0.1, -0.05) is 30.3 Å². The average molecular weight is 432 g/mol. The molecule has 6 nitrogen and oxygen atoms in total. The predicted octanol–water partition coefficient (Wildman–Crippen LogP) is 4.04. The van der Waals surface area contributed by atoms with Crippen molar-refractivity contribution < 1.29 is 21.2 Å². The molecule has 9 heteroatoms. The highest BCUT2D eigenvalue weighted by molar-refractivity contribution is 7.95. The largest absolute Gasteiger partial charge is 0.280 e. The summed E-state index contributed by atoms with van der Waals surface area (Å²) in [4.78, 5) is -0.0882. The topological polar surface area (TPSA) is 92.3 Å². The Morgan fingerprint density at radius 2 is 1.24 bits per heavy atom. The van der Waals surface area contributed by atoms with Gasteiger partial charge in [0.25, 0.3) is 20.0 Å². The molecule has 0 aliphatic carbocycles.